The van der Waals surface area contributed by atoms with Crippen LogP contribution in [-0.2, 0) is 17.9 Å². The molecule has 2 heterocycles. The van der Waals surface area contributed by atoms with Gasteiger partial charge in [0.2, 0.25) is 0 Å². The Labute approximate surface area is 190 Å². The first-order chi connectivity index (χ1) is 15.9. The Morgan fingerprint density at radius 1 is 0.970 bits per heavy atom. The van der Waals surface area contributed by atoms with E-state index < -0.39 is 5.97 Å². The molecule has 1 amide bonds. The van der Waals surface area contributed by atoms with Crippen molar-refractivity contribution in [1.82, 2.24) is 14.3 Å². The van der Waals surface area contributed by atoms with Gasteiger partial charge in [-0.2, -0.15) is 0 Å². The first-order valence-corrected chi connectivity index (χ1v) is 10.5. The molecule has 0 radical (unpaired) electrons. The zero-order chi connectivity index (χ0) is 23.4. The lowest BCUT2D eigenvalue weighted by Crippen LogP contribution is -2.28. The van der Waals surface area contributed by atoms with Crippen LogP contribution >= 0.6 is 0 Å². The van der Waals surface area contributed by atoms with Crippen molar-refractivity contribution in [3.63, 3.8) is 0 Å². The molecule has 33 heavy (non-hydrogen) atoms. The Bertz CT molecular complexity index is 1380. The smallest absolute Gasteiger partial charge is 0.339 e. The second-order valence-electron chi connectivity index (χ2n) is 7.79. The third kappa shape index (κ3) is 4.98. The van der Waals surface area contributed by atoms with Crippen molar-refractivity contribution in [3.05, 3.63) is 117 Å². The second-order valence-corrected chi connectivity index (χ2v) is 7.79. The predicted molar refractivity (Wildman–Crippen MR) is 124 cm³/mol. The molecule has 7 heteroatoms. The highest BCUT2D eigenvalue weighted by Gasteiger charge is 2.21. The molecule has 0 fully saturated rings. The van der Waals surface area contributed by atoms with E-state index in [1.54, 1.807) is 48.5 Å². The Balaban J connectivity index is 1.51. The number of hydrogen-bond donors (Lipinski definition) is 0. The molecule has 4 rings (SSSR count). The molecule has 0 saturated carbocycles. The van der Waals surface area contributed by atoms with E-state index in [-0.39, 0.29) is 29.2 Å². The summed E-state index contributed by atoms with van der Waals surface area (Å²) in [5.74, 6) is -0.942. The van der Waals surface area contributed by atoms with Crippen LogP contribution < -0.4 is 5.56 Å². The van der Waals surface area contributed by atoms with Gasteiger partial charge in [0.05, 0.1) is 16.8 Å². The summed E-state index contributed by atoms with van der Waals surface area (Å²) in [6.07, 6.45) is 1.66. The highest BCUT2D eigenvalue weighted by Crippen LogP contribution is 2.15. The van der Waals surface area contributed by atoms with Crippen LogP contribution in [0.25, 0.3) is 5.65 Å². The van der Waals surface area contributed by atoms with E-state index in [9.17, 15) is 14.4 Å². The number of rotatable bonds is 6. The van der Waals surface area contributed by atoms with Crippen LogP contribution in [0.5, 0.6) is 0 Å². The third-order valence-electron chi connectivity index (χ3n) is 5.21. The molecule has 0 unspecified atom stereocenters. The van der Waals surface area contributed by atoms with E-state index in [2.05, 4.69) is 4.98 Å². The minimum absolute atomic E-state index is 0.163. The number of aromatic nitrogens is 2. The maximum Gasteiger partial charge on any atom is 0.339 e. The van der Waals surface area contributed by atoms with Crippen LogP contribution in [-0.4, -0.2) is 33.2 Å². The molecule has 0 N–H and O–H groups in total. The molecule has 7 nitrogen and oxygen atoms in total. The average Bonchev–Trinajstić information content (AvgIpc) is 2.82. The molecule has 2 aromatic heterocycles. The number of aryl methyl sites for hydroxylation is 1. The zero-order valence-corrected chi connectivity index (χ0v) is 18.4. The lowest BCUT2D eigenvalue weighted by atomic mass is 10.1. The molecule has 0 aliphatic carbocycles. The van der Waals surface area contributed by atoms with Crippen molar-refractivity contribution in [2.75, 3.05) is 7.05 Å². The van der Waals surface area contributed by atoms with E-state index in [0.29, 0.717) is 17.9 Å². The van der Waals surface area contributed by atoms with Gasteiger partial charge in [-0.3, -0.25) is 14.0 Å². The standard InChI is InChI=1S/C26H23N3O4/c1-18-12-13-29-23(14-18)27-20(15-24(29)30)17-33-26(32)22-11-7-6-10-21(22)25(31)28(2)16-19-8-4-3-5-9-19/h3-15H,16-17H2,1-2H3. The number of esters is 1. The third-order valence-corrected chi connectivity index (χ3v) is 5.21. The number of carbonyl (C=O) groups is 2. The minimum atomic E-state index is -0.654. The van der Waals surface area contributed by atoms with Gasteiger partial charge in [0, 0.05) is 25.9 Å². The molecular weight excluding hydrogens is 418 g/mol. The largest absolute Gasteiger partial charge is 0.456 e. The van der Waals surface area contributed by atoms with Gasteiger partial charge in [0.25, 0.3) is 11.5 Å². The molecule has 2 aromatic carbocycles. The highest BCUT2D eigenvalue weighted by atomic mass is 16.5. The number of pyridine rings is 1. The van der Waals surface area contributed by atoms with Crippen molar-refractivity contribution in [1.29, 1.82) is 0 Å². The first kappa shape index (κ1) is 22.0. The van der Waals surface area contributed by atoms with E-state index in [1.807, 2.05) is 43.3 Å². The Morgan fingerprint density at radius 2 is 1.67 bits per heavy atom. The highest BCUT2D eigenvalue weighted by molar-refractivity contribution is 6.05. The topological polar surface area (TPSA) is 81.0 Å². The maximum atomic E-state index is 13.0. The quantitative estimate of drug-likeness (QED) is 0.427. The summed E-state index contributed by atoms with van der Waals surface area (Å²) in [5.41, 5.74) is 2.92. The number of amides is 1. The average molecular weight is 441 g/mol. The fourth-order valence-corrected chi connectivity index (χ4v) is 3.53. The van der Waals surface area contributed by atoms with Crippen LogP contribution in [0.15, 0.2) is 83.8 Å². The summed E-state index contributed by atoms with van der Waals surface area (Å²) in [6, 6.07) is 21.1. The number of ether oxygens (including phenoxy) is 1. The minimum Gasteiger partial charge on any atom is -0.456 e. The lowest BCUT2D eigenvalue weighted by molar-refractivity contribution is 0.0462. The number of carbonyl (C=O) groups excluding carboxylic acids is 2. The fourth-order valence-electron chi connectivity index (χ4n) is 3.53. The summed E-state index contributed by atoms with van der Waals surface area (Å²) in [7, 11) is 1.69. The zero-order valence-electron chi connectivity index (χ0n) is 18.4. The van der Waals surface area contributed by atoms with Crippen molar-refractivity contribution in [2.24, 2.45) is 0 Å². The van der Waals surface area contributed by atoms with Crippen LogP contribution in [0.3, 0.4) is 0 Å². The summed E-state index contributed by atoms with van der Waals surface area (Å²) in [6.45, 7) is 2.13. The van der Waals surface area contributed by atoms with Crippen LogP contribution in [0.1, 0.15) is 37.5 Å². The van der Waals surface area contributed by atoms with E-state index in [0.717, 1.165) is 11.1 Å². The summed E-state index contributed by atoms with van der Waals surface area (Å²) >= 11 is 0. The molecule has 0 bridgehead atoms. The normalized spacial score (nSPS) is 10.7. The summed E-state index contributed by atoms with van der Waals surface area (Å²) in [5, 5.41) is 0. The van der Waals surface area contributed by atoms with Gasteiger partial charge < -0.3 is 9.64 Å². The Kier molecular flexibility index (Phi) is 6.31. The summed E-state index contributed by atoms with van der Waals surface area (Å²) in [4.78, 5) is 44.1. The van der Waals surface area contributed by atoms with E-state index in [4.69, 9.17) is 4.74 Å². The van der Waals surface area contributed by atoms with E-state index in [1.165, 1.54) is 10.5 Å². The van der Waals surface area contributed by atoms with Crippen molar-refractivity contribution in [2.45, 2.75) is 20.1 Å². The van der Waals surface area contributed by atoms with Gasteiger partial charge in [-0.1, -0.05) is 42.5 Å². The van der Waals surface area contributed by atoms with Gasteiger partial charge in [-0.25, -0.2) is 9.78 Å². The first-order valence-electron chi connectivity index (χ1n) is 10.5. The summed E-state index contributed by atoms with van der Waals surface area (Å²) < 4.78 is 6.84. The molecule has 0 saturated heterocycles. The van der Waals surface area contributed by atoms with Crippen LogP contribution in [0, 0.1) is 6.92 Å². The number of hydrogen-bond acceptors (Lipinski definition) is 5. The van der Waals surface area contributed by atoms with Crippen LogP contribution in [0.4, 0.5) is 0 Å². The van der Waals surface area contributed by atoms with Crippen molar-refractivity contribution < 1.29 is 14.3 Å². The molecule has 0 aliphatic heterocycles. The Morgan fingerprint density at radius 3 is 2.42 bits per heavy atom. The molecule has 0 atom stereocenters. The van der Waals surface area contributed by atoms with Gasteiger partial charge in [0.1, 0.15) is 12.3 Å². The molecule has 4 aromatic rings. The second kappa shape index (κ2) is 9.48. The van der Waals surface area contributed by atoms with E-state index >= 15 is 0 Å². The van der Waals surface area contributed by atoms with Crippen LogP contribution in [0.2, 0.25) is 0 Å². The molecular formula is C26H23N3O4. The van der Waals surface area contributed by atoms with Gasteiger partial charge >= 0.3 is 5.97 Å². The van der Waals surface area contributed by atoms with Gasteiger partial charge in [-0.15, -0.1) is 0 Å². The lowest BCUT2D eigenvalue weighted by Gasteiger charge is -2.19. The van der Waals surface area contributed by atoms with Crippen molar-refractivity contribution >= 4 is 17.5 Å². The van der Waals surface area contributed by atoms with Gasteiger partial charge in [0.15, 0.2) is 0 Å². The number of nitrogens with zero attached hydrogens (tertiary/aromatic N) is 3. The molecule has 0 aliphatic rings. The predicted octanol–water partition coefficient (Wildman–Crippen LogP) is 3.63. The number of fused-ring (bicyclic) bond motifs is 1. The van der Waals surface area contributed by atoms with Gasteiger partial charge in [-0.05, 0) is 42.3 Å². The molecule has 0 spiro atoms. The fraction of sp³-hybridized carbons (Fsp3) is 0.154. The molecule has 166 valence electrons. The monoisotopic (exact) mass is 441 g/mol. The maximum absolute atomic E-state index is 13.0. The number of benzene rings is 2. The Hall–Kier alpha value is -4.26. The van der Waals surface area contributed by atoms with Crippen molar-refractivity contribution in [3.8, 4) is 0 Å². The SMILES string of the molecule is Cc1ccn2c(=O)cc(COC(=O)c3ccccc3C(=O)N(C)Cc3ccccc3)nc2c1.